The van der Waals surface area contributed by atoms with Crippen LogP contribution >= 0.6 is 0 Å². The monoisotopic (exact) mass is 252 g/mol. The molecule has 0 bridgehead atoms. The van der Waals surface area contributed by atoms with Gasteiger partial charge in [-0.2, -0.15) is 0 Å². The van der Waals surface area contributed by atoms with Gasteiger partial charge < -0.3 is 19.8 Å². The van der Waals surface area contributed by atoms with Crippen molar-refractivity contribution in [3.63, 3.8) is 0 Å². The summed E-state index contributed by atoms with van der Waals surface area (Å²) in [6, 6.07) is 1.64. The highest BCUT2D eigenvalue weighted by Gasteiger charge is 2.45. The maximum atomic E-state index is 12.5. The second-order valence-electron chi connectivity index (χ2n) is 5.20. The predicted octanol–water partition coefficient (Wildman–Crippen LogP) is 0.910. The van der Waals surface area contributed by atoms with Crippen LogP contribution in [0.1, 0.15) is 18.2 Å². The second kappa shape index (κ2) is 4.74. The Bertz CT molecular complexity index is 443. The zero-order valence-electron chi connectivity index (χ0n) is 11.1. The molecule has 1 fully saturated rings. The van der Waals surface area contributed by atoms with Gasteiger partial charge in [0.15, 0.2) is 0 Å². The molecular formula is C13H20N2O3. The van der Waals surface area contributed by atoms with Gasteiger partial charge in [-0.05, 0) is 19.9 Å². The van der Waals surface area contributed by atoms with Crippen LogP contribution < -0.4 is 5.73 Å². The van der Waals surface area contributed by atoms with Gasteiger partial charge in [-0.3, -0.25) is 4.79 Å². The molecule has 0 aromatic carbocycles. The van der Waals surface area contributed by atoms with E-state index < -0.39 is 5.41 Å². The molecule has 0 saturated carbocycles. The van der Waals surface area contributed by atoms with E-state index in [1.54, 1.807) is 18.2 Å². The Morgan fingerprint density at radius 2 is 2.39 bits per heavy atom. The molecular weight excluding hydrogens is 232 g/mol. The normalized spacial score (nSPS) is 27.4. The van der Waals surface area contributed by atoms with Gasteiger partial charge in [-0.25, -0.2) is 0 Å². The van der Waals surface area contributed by atoms with Gasteiger partial charge in [0.1, 0.15) is 5.76 Å². The van der Waals surface area contributed by atoms with Gasteiger partial charge in [-0.1, -0.05) is 0 Å². The summed E-state index contributed by atoms with van der Waals surface area (Å²) in [5, 5.41) is 0. The van der Waals surface area contributed by atoms with Crippen LogP contribution in [0.3, 0.4) is 0 Å². The molecule has 5 nitrogen and oxygen atoms in total. The smallest absolute Gasteiger partial charge is 0.232 e. The highest BCUT2D eigenvalue weighted by atomic mass is 16.5. The van der Waals surface area contributed by atoms with Crippen LogP contribution in [0.4, 0.5) is 0 Å². The van der Waals surface area contributed by atoms with Gasteiger partial charge in [0.05, 0.1) is 24.9 Å². The number of nitrogens with two attached hydrogens (primary N) is 1. The topological polar surface area (TPSA) is 68.7 Å². The third kappa shape index (κ3) is 2.15. The van der Waals surface area contributed by atoms with Gasteiger partial charge >= 0.3 is 0 Å². The fraction of sp³-hybridized carbons (Fsp3) is 0.615. The van der Waals surface area contributed by atoms with Crippen LogP contribution in [0.15, 0.2) is 16.7 Å². The lowest BCUT2D eigenvalue weighted by Gasteiger charge is -2.30. The summed E-state index contributed by atoms with van der Waals surface area (Å²) < 4.78 is 10.5. The maximum absolute atomic E-state index is 12.5. The third-order valence-electron chi connectivity index (χ3n) is 3.73. The van der Waals surface area contributed by atoms with Crippen LogP contribution in [0.25, 0.3) is 0 Å². The number of furan rings is 1. The van der Waals surface area contributed by atoms with E-state index in [0.29, 0.717) is 19.8 Å². The molecule has 1 amide bonds. The number of aryl methyl sites for hydroxylation is 1. The van der Waals surface area contributed by atoms with Crippen molar-refractivity contribution in [2.45, 2.75) is 26.4 Å². The first-order valence-corrected chi connectivity index (χ1v) is 6.07. The maximum Gasteiger partial charge on any atom is 0.232 e. The highest BCUT2D eigenvalue weighted by molar-refractivity contribution is 5.83. The minimum atomic E-state index is -0.619. The molecule has 1 aromatic rings. The lowest BCUT2D eigenvalue weighted by atomic mass is 9.84. The number of rotatable bonds is 3. The molecule has 100 valence electrons. The molecule has 0 radical (unpaired) electrons. The highest BCUT2D eigenvalue weighted by Crippen LogP contribution is 2.29. The van der Waals surface area contributed by atoms with Gasteiger partial charge in [0.2, 0.25) is 5.91 Å². The Morgan fingerprint density at radius 1 is 1.67 bits per heavy atom. The molecule has 18 heavy (non-hydrogen) atoms. The summed E-state index contributed by atoms with van der Waals surface area (Å²) in [4.78, 5) is 14.1. The summed E-state index contributed by atoms with van der Waals surface area (Å²) in [7, 11) is 1.78. The number of ether oxygens (including phenoxy) is 1. The largest absolute Gasteiger partial charge is 0.469 e. The van der Waals surface area contributed by atoms with E-state index in [4.69, 9.17) is 14.9 Å². The molecule has 2 atom stereocenters. The average molecular weight is 252 g/mol. The van der Waals surface area contributed by atoms with Crippen molar-refractivity contribution in [3.05, 3.63) is 23.7 Å². The standard InChI is InChI=1S/C13H20N2O3/c1-9-10(4-5-18-9)6-15(3)12(16)13(2)8-17-7-11(13)14/h4-5,11H,6-8,14H2,1-3H3. The van der Waals surface area contributed by atoms with E-state index in [0.717, 1.165) is 11.3 Å². The first-order chi connectivity index (χ1) is 8.45. The predicted molar refractivity (Wildman–Crippen MR) is 66.8 cm³/mol. The number of carbonyl (C=O) groups excluding carboxylic acids is 1. The SMILES string of the molecule is Cc1occc1CN(C)C(=O)C1(C)COCC1N. The van der Waals surface area contributed by atoms with E-state index in [9.17, 15) is 4.79 Å². The van der Waals surface area contributed by atoms with E-state index >= 15 is 0 Å². The molecule has 2 unspecified atom stereocenters. The Morgan fingerprint density at radius 3 is 2.89 bits per heavy atom. The van der Waals surface area contributed by atoms with Crippen molar-refractivity contribution in [1.29, 1.82) is 0 Å². The molecule has 1 aromatic heterocycles. The summed E-state index contributed by atoms with van der Waals surface area (Å²) in [6.07, 6.45) is 1.63. The quantitative estimate of drug-likeness (QED) is 0.868. The lowest BCUT2D eigenvalue weighted by Crippen LogP contribution is -2.50. The van der Waals surface area contributed by atoms with Gasteiger partial charge in [0, 0.05) is 25.2 Å². The molecule has 0 aliphatic carbocycles. The van der Waals surface area contributed by atoms with E-state index in [1.165, 1.54) is 0 Å². The first kappa shape index (κ1) is 13.1. The molecule has 1 saturated heterocycles. The summed E-state index contributed by atoms with van der Waals surface area (Å²) in [5.74, 6) is 0.861. The molecule has 5 heteroatoms. The van der Waals surface area contributed by atoms with Crippen molar-refractivity contribution in [1.82, 2.24) is 4.90 Å². The first-order valence-electron chi connectivity index (χ1n) is 6.07. The third-order valence-corrected chi connectivity index (χ3v) is 3.73. The number of carbonyl (C=O) groups is 1. The van der Waals surface area contributed by atoms with Crippen molar-refractivity contribution in [2.24, 2.45) is 11.1 Å². The zero-order valence-corrected chi connectivity index (χ0v) is 11.1. The molecule has 1 aliphatic rings. The number of hydrogen-bond donors (Lipinski definition) is 1. The van der Waals surface area contributed by atoms with Crippen LogP contribution in [0.5, 0.6) is 0 Å². The molecule has 2 N–H and O–H groups in total. The van der Waals surface area contributed by atoms with Crippen molar-refractivity contribution in [2.75, 3.05) is 20.3 Å². The second-order valence-corrected chi connectivity index (χ2v) is 5.20. The fourth-order valence-electron chi connectivity index (χ4n) is 2.25. The van der Waals surface area contributed by atoms with Crippen LogP contribution in [0, 0.1) is 12.3 Å². The van der Waals surface area contributed by atoms with Crippen LogP contribution in [-0.2, 0) is 16.1 Å². The number of nitrogens with zero attached hydrogens (tertiary/aromatic N) is 1. The van der Waals surface area contributed by atoms with E-state index in [-0.39, 0.29) is 11.9 Å². The van der Waals surface area contributed by atoms with Crippen molar-refractivity contribution >= 4 is 5.91 Å². The van der Waals surface area contributed by atoms with E-state index in [1.807, 2.05) is 19.9 Å². The summed E-state index contributed by atoms with van der Waals surface area (Å²) in [5.41, 5.74) is 6.36. The van der Waals surface area contributed by atoms with Gasteiger partial charge in [-0.15, -0.1) is 0 Å². The number of amides is 1. The Balaban J connectivity index is 2.07. The average Bonchev–Trinajstić information content (AvgIpc) is 2.87. The van der Waals surface area contributed by atoms with Crippen molar-refractivity contribution < 1.29 is 13.9 Å². The molecule has 0 spiro atoms. The minimum Gasteiger partial charge on any atom is -0.469 e. The molecule has 1 aliphatic heterocycles. The Labute approximate surface area is 107 Å². The Kier molecular flexibility index (Phi) is 3.45. The van der Waals surface area contributed by atoms with Gasteiger partial charge in [0.25, 0.3) is 0 Å². The van der Waals surface area contributed by atoms with Crippen LogP contribution in [0.2, 0.25) is 0 Å². The molecule has 2 rings (SSSR count). The zero-order chi connectivity index (χ0) is 13.3. The van der Waals surface area contributed by atoms with E-state index in [2.05, 4.69) is 0 Å². The van der Waals surface area contributed by atoms with Crippen LogP contribution in [-0.4, -0.2) is 37.1 Å². The minimum absolute atomic E-state index is 0.0214. The Hall–Kier alpha value is -1.33. The summed E-state index contributed by atoms with van der Waals surface area (Å²) in [6.45, 7) is 5.12. The lowest BCUT2D eigenvalue weighted by molar-refractivity contribution is -0.140. The fourth-order valence-corrected chi connectivity index (χ4v) is 2.25. The molecule has 2 heterocycles. The number of hydrogen-bond acceptors (Lipinski definition) is 4. The summed E-state index contributed by atoms with van der Waals surface area (Å²) >= 11 is 0. The van der Waals surface area contributed by atoms with Crippen molar-refractivity contribution in [3.8, 4) is 0 Å².